The van der Waals surface area contributed by atoms with Crippen LogP contribution in [0.2, 0.25) is 0 Å². The zero-order valence-corrected chi connectivity index (χ0v) is 13.4. The van der Waals surface area contributed by atoms with Crippen LogP contribution in [-0.2, 0) is 13.8 Å². The highest BCUT2D eigenvalue weighted by molar-refractivity contribution is 8.13. The topological polar surface area (TPSA) is 63.2 Å². The Morgan fingerprint density at radius 3 is 2.38 bits per heavy atom. The first-order valence-corrected chi connectivity index (χ1v) is 9.55. The minimum atomic E-state index is -3.73. The van der Waals surface area contributed by atoms with Gasteiger partial charge in [-0.2, -0.15) is 0 Å². The SMILES string of the molecule is Cc1cc(S(=O)(=O)Cl)ccc1NC(=O)C1C2CCCCC21. The molecule has 0 saturated heterocycles. The van der Waals surface area contributed by atoms with Crippen molar-refractivity contribution in [1.29, 1.82) is 0 Å². The number of nitrogens with one attached hydrogen (secondary N) is 1. The standard InChI is InChI=1S/C15H18ClNO3S/c1-9-8-10(21(16,19)20)6-7-13(9)17-15(18)14-11-4-2-3-5-12(11)14/h6-8,11-12,14H,2-5H2,1H3,(H,17,18). The van der Waals surface area contributed by atoms with E-state index in [9.17, 15) is 13.2 Å². The predicted octanol–water partition coefficient (Wildman–Crippen LogP) is 3.30. The molecule has 2 aliphatic rings. The second kappa shape index (κ2) is 5.29. The van der Waals surface area contributed by atoms with Crippen molar-refractivity contribution in [3.05, 3.63) is 23.8 Å². The quantitative estimate of drug-likeness (QED) is 0.866. The first-order chi connectivity index (χ1) is 9.88. The Morgan fingerprint density at radius 1 is 1.24 bits per heavy atom. The van der Waals surface area contributed by atoms with Crippen LogP contribution in [0.3, 0.4) is 0 Å². The lowest BCUT2D eigenvalue weighted by atomic mass is 10.0. The monoisotopic (exact) mass is 327 g/mol. The van der Waals surface area contributed by atoms with Gasteiger partial charge in [0.15, 0.2) is 0 Å². The third kappa shape index (κ3) is 2.94. The number of halogens is 1. The maximum Gasteiger partial charge on any atom is 0.261 e. The van der Waals surface area contributed by atoms with E-state index in [1.807, 2.05) is 0 Å². The fourth-order valence-corrected chi connectivity index (χ4v) is 4.36. The summed E-state index contributed by atoms with van der Waals surface area (Å²) < 4.78 is 22.6. The van der Waals surface area contributed by atoms with Gasteiger partial charge in [0.1, 0.15) is 0 Å². The molecular formula is C15H18ClNO3S. The summed E-state index contributed by atoms with van der Waals surface area (Å²) in [4.78, 5) is 12.4. The van der Waals surface area contributed by atoms with Crippen LogP contribution in [0, 0.1) is 24.7 Å². The highest BCUT2D eigenvalue weighted by Crippen LogP contribution is 2.55. The lowest BCUT2D eigenvalue weighted by Gasteiger charge is -2.09. The van der Waals surface area contributed by atoms with E-state index < -0.39 is 9.05 Å². The minimum Gasteiger partial charge on any atom is -0.326 e. The summed E-state index contributed by atoms with van der Waals surface area (Å²) in [5.41, 5.74) is 1.36. The maximum atomic E-state index is 12.3. The molecule has 0 spiro atoms. The number of aryl methyl sites for hydroxylation is 1. The lowest BCUT2D eigenvalue weighted by Crippen LogP contribution is -2.16. The van der Waals surface area contributed by atoms with E-state index in [-0.39, 0.29) is 16.7 Å². The molecule has 2 atom stereocenters. The van der Waals surface area contributed by atoms with Crippen LogP contribution in [-0.4, -0.2) is 14.3 Å². The van der Waals surface area contributed by atoms with E-state index >= 15 is 0 Å². The summed E-state index contributed by atoms with van der Waals surface area (Å²) >= 11 is 0. The number of hydrogen-bond donors (Lipinski definition) is 1. The second-order valence-electron chi connectivity index (χ2n) is 6.04. The van der Waals surface area contributed by atoms with E-state index in [1.165, 1.54) is 25.0 Å². The summed E-state index contributed by atoms with van der Waals surface area (Å²) in [6.07, 6.45) is 4.77. The molecule has 6 heteroatoms. The van der Waals surface area contributed by atoms with Crippen LogP contribution in [0.5, 0.6) is 0 Å². The van der Waals surface area contributed by atoms with Gasteiger partial charge in [-0.1, -0.05) is 12.8 Å². The maximum absolute atomic E-state index is 12.3. The fraction of sp³-hybridized carbons (Fsp3) is 0.533. The molecule has 1 N–H and O–H groups in total. The second-order valence-corrected chi connectivity index (χ2v) is 8.61. The molecule has 0 aliphatic heterocycles. The van der Waals surface area contributed by atoms with Crippen molar-refractivity contribution >= 4 is 31.3 Å². The van der Waals surface area contributed by atoms with Gasteiger partial charge in [-0.25, -0.2) is 8.42 Å². The molecule has 2 fully saturated rings. The third-order valence-corrected chi connectivity index (χ3v) is 6.05. The van der Waals surface area contributed by atoms with Crippen LogP contribution in [0.4, 0.5) is 5.69 Å². The van der Waals surface area contributed by atoms with Crippen LogP contribution in [0.1, 0.15) is 31.2 Å². The fourth-order valence-electron chi connectivity index (χ4n) is 3.53. The average molecular weight is 328 g/mol. The van der Waals surface area contributed by atoms with Crippen molar-refractivity contribution in [3.8, 4) is 0 Å². The molecule has 1 amide bonds. The first-order valence-electron chi connectivity index (χ1n) is 7.24. The smallest absolute Gasteiger partial charge is 0.261 e. The predicted molar refractivity (Wildman–Crippen MR) is 81.8 cm³/mol. The summed E-state index contributed by atoms with van der Waals surface area (Å²) in [6.45, 7) is 1.77. The van der Waals surface area contributed by atoms with Crippen molar-refractivity contribution in [3.63, 3.8) is 0 Å². The van der Waals surface area contributed by atoms with Gasteiger partial charge in [0.05, 0.1) is 4.90 Å². The molecule has 3 rings (SSSR count). The van der Waals surface area contributed by atoms with Crippen LogP contribution < -0.4 is 5.32 Å². The zero-order valence-electron chi connectivity index (χ0n) is 11.8. The summed E-state index contributed by atoms with van der Waals surface area (Å²) in [5.74, 6) is 1.32. The van der Waals surface area contributed by atoms with Crippen LogP contribution in [0.15, 0.2) is 23.1 Å². The van der Waals surface area contributed by atoms with Crippen molar-refractivity contribution in [2.45, 2.75) is 37.5 Å². The Morgan fingerprint density at radius 2 is 1.86 bits per heavy atom. The summed E-state index contributed by atoms with van der Waals surface area (Å²) in [5, 5.41) is 2.93. The van der Waals surface area contributed by atoms with E-state index in [1.54, 1.807) is 13.0 Å². The Bertz CT molecular complexity index is 674. The number of fused-ring (bicyclic) bond motifs is 1. The van der Waals surface area contributed by atoms with Gasteiger partial charge in [-0.15, -0.1) is 0 Å². The largest absolute Gasteiger partial charge is 0.326 e. The summed E-state index contributed by atoms with van der Waals surface area (Å²) in [7, 11) is 1.58. The van der Waals surface area contributed by atoms with Crippen LogP contribution in [0.25, 0.3) is 0 Å². The Hall–Kier alpha value is -1.07. The zero-order chi connectivity index (χ0) is 15.2. The molecule has 0 aromatic heterocycles. The van der Waals surface area contributed by atoms with Gasteiger partial charge in [-0.3, -0.25) is 4.79 Å². The molecule has 2 unspecified atom stereocenters. The summed E-state index contributed by atoms with van der Waals surface area (Å²) in [6, 6.07) is 4.51. The molecule has 0 bridgehead atoms. The number of amides is 1. The minimum absolute atomic E-state index is 0.0553. The molecule has 4 nitrogen and oxygen atoms in total. The number of rotatable bonds is 3. The Balaban J connectivity index is 1.72. The Labute approximate surface area is 129 Å². The van der Waals surface area contributed by atoms with Gasteiger partial charge in [0.25, 0.3) is 9.05 Å². The van der Waals surface area contributed by atoms with Crippen molar-refractivity contribution in [2.75, 3.05) is 5.32 Å². The molecule has 2 saturated carbocycles. The van der Waals surface area contributed by atoms with Gasteiger partial charge < -0.3 is 5.32 Å². The molecule has 1 aromatic rings. The van der Waals surface area contributed by atoms with E-state index in [2.05, 4.69) is 5.32 Å². The molecule has 0 heterocycles. The van der Waals surface area contributed by atoms with E-state index in [0.717, 1.165) is 12.8 Å². The van der Waals surface area contributed by atoms with Crippen LogP contribution >= 0.6 is 10.7 Å². The average Bonchev–Trinajstić information content (AvgIpc) is 3.14. The number of hydrogen-bond acceptors (Lipinski definition) is 3. The highest BCUT2D eigenvalue weighted by atomic mass is 35.7. The van der Waals surface area contributed by atoms with Crippen molar-refractivity contribution in [2.24, 2.45) is 17.8 Å². The van der Waals surface area contributed by atoms with Gasteiger partial charge in [0.2, 0.25) is 5.91 Å². The van der Waals surface area contributed by atoms with Gasteiger partial charge in [0, 0.05) is 22.3 Å². The Kier molecular flexibility index (Phi) is 3.74. The normalized spacial score (nSPS) is 27.8. The molecular weight excluding hydrogens is 310 g/mol. The first kappa shape index (κ1) is 14.9. The number of benzene rings is 1. The van der Waals surface area contributed by atoms with Crippen molar-refractivity contribution in [1.82, 2.24) is 0 Å². The molecule has 1 aromatic carbocycles. The van der Waals surface area contributed by atoms with Gasteiger partial charge in [-0.05, 0) is 55.4 Å². The lowest BCUT2D eigenvalue weighted by molar-refractivity contribution is -0.117. The highest BCUT2D eigenvalue weighted by Gasteiger charge is 2.54. The number of carbonyl (C=O) groups excluding carboxylic acids is 1. The van der Waals surface area contributed by atoms with E-state index in [4.69, 9.17) is 10.7 Å². The van der Waals surface area contributed by atoms with Crippen molar-refractivity contribution < 1.29 is 13.2 Å². The number of carbonyl (C=O) groups is 1. The molecule has 0 radical (unpaired) electrons. The molecule has 21 heavy (non-hydrogen) atoms. The number of anilines is 1. The van der Waals surface area contributed by atoms with E-state index in [0.29, 0.717) is 23.1 Å². The molecule has 2 aliphatic carbocycles. The molecule has 114 valence electrons. The van der Waals surface area contributed by atoms with Gasteiger partial charge >= 0.3 is 0 Å². The third-order valence-electron chi connectivity index (χ3n) is 4.70.